The Morgan fingerprint density at radius 1 is 1.29 bits per heavy atom. The van der Waals surface area contributed by atoms with Crippen LogP contribution in [0.2, 0.25) is 0 Å². The summed E-state index contributed by atoms with van der Waals surface area (Å²) in [6.07, 6.45) is 1.74. The van der Waals surface area contributed by atoms with Crippen molar-refractivity contribution in [1.29, 1.82) is 0 Å². The molecule has 0 aliphatic rings. The maximum Gasteiger partial charge on any atom is 0.252 e. The molecule has 0 saturated heterocycles. The number of carbonyl (C=O) groups excluding carboxylic acids is 1. The molecule has 2 rings (SSSR count). The number of nitrogens with zero attached hydrogens (tertiary/aromatic N) is 1. The van der Waals surface area contributed by atoms with Gasteiger partial charge in [0.15, 0.2) is 0 Å². The van der Waals surface area contributed by atoms with E-state index in [0.29, 0.717) is 17.7 Å². The highest BCUT2D eigenvalue weighted by Crippen LogP contribution is 2.08. The van der Waals surface area contributed by atoms with Crippen molar-refractivity contribution in [2.75, 3.05) is 6.61 Å². The number of amides is 1. The van der Waals surface area contributed by atoms with Crippen molar-refractivity contribution in [3.05, 3.63) is 65.0 Å². The second-order valence-electron chi connectivity index (χ2n) is 4.50. The van der Waals surface area contributed by atoms with E-state index in [2.05, 4.69) is 22.1 Å². The molecule has 1 amide bonds. The van der Waals surface area contributed by atoms with Crippen molar-refractivity contribution < 1.29 is 9.90 Å². The Balaban J connectivity index is 2.08. The van der Waals surface area contributed by atoms with Crippen LogP contribution in [-0.4, -0.2) is 22.6 Å². The predicted molar refractivity (Wildman–Crippen MR) is 80.6 cm³/mol. The first-order chi connectivity index (χ1) is 10.2. The summed E-state index contributed by atoms with van der Waals surface area (Å²) in [6.45, 7) is 2.09. The molecule has 106 valence electrons. The summed E-state index contributed by atoms with van der Waals surface area (Å²) in [6, 6.07) is 10.9. The second-order valence-corrected chi connectivity index (χ2v) is 4.50. The van der Waals surface area contributed by atoms with E-state index in [1.807, 2.05) is 25.1 Å². The quantitative estimate of drug-likeness (QED) is 0.841. The fraction of sp³-hybridized carbons (Fsp3) is 0.176. The van der Waals surface area contributed by atoms with Crippen molar-refractivity contribution in [3.8, 4) is 11.8 Å². The van der Waals surface area contributed by atoms with Gasteiger partial charge in [-0.05, 0) is 30.7 Å². The highest BCUT2D eigenvalue weighted by Gasteiger charge is 2.09. The lowest BCUT2D eigenvalue weighted by molar-refractivity contribution is 0.0950. The number of hydrogen-bond donors (Lipinski definition) is 2. The van der Waals surface area contributed by atoms with Gasteiger partial charge in [0.05, 0.1) is 5.56 Å². The van der Waals surface area contributed by atoms with Crippen LogP contribution in [0.3, 0.4) is 0 Å². The Morgan fingerprint density at radius 2 is 2.10 bits per heavy atom. The molecule has 0 spiro atoms. The second kappa shape index (κ2) is 7.22. The molecule has 2 N–H and O–H groups in total. The molecule has 0 fully saturated rings. The van der Waals surface area contributed by atoms with Crippen LogP contribution in [0.25, 0.3) is 0 Å². The average molecular weight is 280 g/mol. The number of benzene rings is 1. The summed E-state index contributed by atoms with van der Waals surface area (Å²) >= 11 is 0. The minimum atomic E-state index is -0.231. The highest BCUT2D eigenvalue weighted by atomic mass is 16.2. The van der Waals surface area contributed by atoms with Crippen LogP contribution in [0, 0.1) is 18.8 Å². The van der Waals surface area contributed by atoms with Crippen molar-refractivity contribution in [2.45, 2.75) is 13.5 Å². The van der Waals surface area contributed by atoms with Crippen LogP contribution in [0.15, 0.2) is 42.6 Å². The summed E-state index contributed by atoms with van der Waals surface area (Å²) in [4.78, 5) is 16.4. The number of aryl methyl sites for hydroxylation is 1. The molecule has 0 unspecified atom stereocenters. The lowest BCUT2D eigenvalue weighted by Gasteiger charge is -2.07. The molecule has 0 radical (unpaired) electrons. The van der Waals surface area contributed by atoms with Gasteiger partial charge in [-0.25, -0.2) is 0 Å². The molecule has 21 heavy (non-hydrogen) atoms. The monoisotopic (exact) mass is 280 g/mol. The fourth-order valence-corrected chi connectivity index (χ4v) is 1.81. The molecular formula is C17H16N2O2. The minimum Gasteiger partial charge on any atom is -0.384 e. The van der Waals surface area contributed by atoms with Crippen LogP contribution in [0.4, 0.5) is 0 Å². The molecule has 4 nitrogen and oxygen atoms in total. The molecule has 1 aromatic carbocycles. The van der Waals surface area contributed by atoms with Gasteiger partial charge in [0.1, 0.15) is 6.61 Å². The number of pyridine rings is 1. The number of rotatable bonds is 3. The van der Waals surface area contributed by atoms with E-state index >= 15 is 0 Å². The fourth-order valence-electron chi connectivity index (χ4n) is 1.81. The molecule has 0 atom stereocenters. The number of aliphatic hydroxyl groups is 1. The van der Waals surface area contributed by atoms with E-state index in [9.17, 15) is 4.79 Å². The topological polar surface area (TPSA) is 62.2 Å². The smallest absolute Gasteiger partial charge is 0.252 e. The number of aromatic nitrogens is 1. The van der Waals surface area contributed by atoms with Crippen molar-refractivity contribution in [2.24, 2.45) is 0 Å². The normalized spacial score (nSPS) is 9.62. The summed E-state index contributed by atoms with van der Waals surface area (Å²) in [5.74, 6) is 5.14. The Morgan fingerprint density at radius 3 is 2.81 bits per heavy atom. The lowest BCUT2D eigenvalue weighted by atomic mass is 10.1. The zero-order valence-corrected chi connectivity index (χ0v) is 11.8. The molecule has 0 aliphatic heterocycles. The number of nitrogens with one attached hydrogen (secondary N) is 1. The Bertz CT molecular complexity index is 682. The maximum atomic E-state index is 12.2. The average Bonchev–Trinajstić information content (AvgIpc) is 2.52. The third-order valence-electron chi connectivity index (χ3n) is 2.90. The number of carbonyl (C=O) groups is 1. The number of aliphatic hydroxyl groups excluding tert-OH is 1. The standard InChI is InChI=1S/C17H16N2O2/c1-13-8-9-14(11-18-13)12-19-17(21)16-7-3-2-5-15(16)6-4-10-20/h2-3,5,7-9,11,20H,10,12H2,1H3,(H,19,21). The summed E-state index contributed by atoms with van der Waals surface area (Å²) in [5.41, 5.74) is 2.98. The largest absolute Gasteiger partial charge is 0.384 e. The zero-order chi connectivity index (χ0) is 15.1. The van der Waals surface area contributed by atoms with E-state index in [-0.39, 0.29) is 12.5 Å². The van der Waals surface area contributed by atoms with Crippen LogP contribution < -0.4 is 5.32 Å². The van der Waals surface area contributed by atoms with Gasteiger partial charge in [-0.2, -0.15) is 0 Å². The SMILES string of the molecule is Cc1ccc(CNC(=O)c2ccccc2C#CCO)cn1. The molecule has 1 heterocycles. The van der Waals surface area contributed by atoms with Crippen LogP contribution >= 0.6 is 0 Å². The van der Waals surface area contributed by atoms with Gasteiger partial charge < -0.3 is 10.4 Å². The van der Waals surface area contributed by atoms with Gasteiger partial charge in [0.2, 0.25) is 0 Å². The summed E-state index contributed by atoms with van der Waals surface area (Å²) < 4.78 is 0. The van der Waals surface area contributed by atoms with Crippen molar-refractivity contribution >= 4 is 5.91 Å². The van der Waals surface area contributed by atoms with Gasteiger partial charge in [-0.3, -0.25) is 9.78 Å². The van der Waals surface area contributed by atoms with E-state index in [0.717, 1.165) is 11.3 Å². The molecule has 2 aromatic rings. The lowest BCUT2D eigenvalue weighted by Crippen LogP contribution is -2.23. The van der Waals surface area contributed by atoms with E-state index in [1.54, 1.807) is 24.4 Å². The Kier molecular flexibility index (Phi) is 5.08. The summed E-state index contributed by atoms with van der Waals surface area (Å²) in [7, 11) is 0. The third-order valence-corrected chi connectivity index (χ3v) is 2.90. The first kappa shape index (κ1) is 14.8. The Hall–Kier alpha value is -2.64. The van der Waals surface area contributed by atoms with E-state index < -0.39 is 0 Å². The van der Waals surface area contributed by atoms with Gasteiger partial charge >= 0.3 is 0 Å². The molecule has 0 bridgehead atoms. The first-order valence-electron chi connectivity index (χ1n) is 6.59. The molecule has 0 saturated carbocycles. The Labute approximate surface area is 123 Å². The maximum absolute atomic E-state index is 12.2. The van der Waals surface area contributed by atoms with Crippen molar-refractivity contribution in [1.82, 2.24) is 10.3 Å². The molecular weight excluding hydrogens is 264 g/mol. The van der Waals surface area contributed by atoms with Crippen molar-refractivity contribution in [3.63, 3.8) is 0 Å². The van der Waals surface area contributed by atoms with E-state index in [1.165, 1.54) is 0 Å². The number of hydrogen-bond acceptors (Lipinski definition) is 3. The third kappa shape index (κ3) is 4.16. The highest BCUT2D eigenvalue weighted by molar-refractivity contribution is 5.96. The molecule has 4 heteroatoms. The van der Waals surface area contributed by atoms with Gasteiger partial charge in [-0.1, -0.05) is 30.0 Å². The molecule has 0 aliphatic carbocycles. The van der Waals surface area contributed by atoms with Crippen LogP contribution in [0.1, 0.15) is 27.2 Å². The predicted octanol–water partition coefficient (Wildman–Crippen LogP) is 1.66. The minimum absolute atomic E-state index is 0.196. The van der Waals surface area contributed by atoms with Crippen LogP contribution in [0.5, 0.6) is 0 Å². The first-order valence-corrected chi connectivity index (χ1v) is 6.59. The van der Waals surface area contributed by atoms with Crippen LogP contribution in [-0.2, 0) is 6.54 Å². The molecule has 1 aromatic heterocycles. The van der Waals surface area contributed by atoms with Gasteiger partial charge in [0, 0.05) is 24.0 Å². The van der Waals surface area contributed by atoms with Gasteiger partial charge in [0.25, 0.3) is 5.91 Å². The van der Waals surface area contributed by atoms with E-state index in [4.69, 9.17) is 5.11 Å². The summed E-state index contributed by atoms with van der Waals surface area (Å²) in [5, 5.41) is 11.6. The van der Waals surface area contributed by atoms with Gasteiger partial charge in [-0.15, -0.1) is 0 Å². The zero-order valence-electron chi connectivity index (χ0n) is 11.8.